The van der Waals surface area contributed by atoms with Crippen LogP contribution in [0.1, 0.15) is 0 Å². The molecule has 10 rings (SSSR count). The van der Waals surface area contributed by atoms with E-state index in [1.54, 1.807) is 0 Å². The summed E-state index contributed by atoms with van der Waals surface area (Å²) in [4.78, 5) is 20.3. The molecule has 0 radical (unpaired) electrons. The van der Waals surface area contributed by atoms with Gasteiger partial charge in [0, 0.05) is 33.2 Å². The Morgan fingerprint density at radius 3 is 1.38 bits per heavy atom. The highest BCUT2D eigenvalue weighted by Gasteiger charge is 2.17. The average molecular weight is 663 g/mol. The minimum Gasteiger partial charge on any atom is -0.247 e. The van der Waals surface area contributed by atoms with E-state index in [0.29, 0.717) is 17.5 Å². The molecule has 52 heavy (non-hydrogen) atoms. The lowest BCUT2D eigenvalue weighted by Gasteiger charge is -2.15. The van der Waals surface area contributed by atoms with Gasteiger partial charge in [0.25, 0.3) is 0 Å². The molecule has 2 aromatic heterocycles. The molecule has 10 aromatic rings. The first-order chi connectivity index (χ1) is 25.8. The van der Waals surface area contributed by atoms with Crippen molar-refractivity contribution >= 4 is 43.2 Å². The maximum Gasteiger partial charge on any atom is 0.164 e. The molecular formula is C48H30N4. The molecule has 2 heterocycles. The first-order valence-electron chi connectivity index (χ1n) is 17.5. The zero-order valence-corrected chi connectivity index (χ0v) is 28.1. The molecule has 0 saturated heterocycles. The molecule has 4 nitrogen and oxygen atoms in total. The second-order valence-corrected chi connectivity index (χ2v) is 13.0. The van der Waals surface area contributed by atoms with Crippen LogP contribution in [0.25, 0.3) is 99.8 Å². The molecule has 0 spiro atoms. The van der Waals surface area contributed by atoms with Gasteiger partial charge in [0.15, 0.2) is 17.5 Å². The largest absolute Gasteiger partial charge is 0.247 e. The van der Waals surface area contributed by atoms with E-state index in [1.165, 1.54) is 32.3 Å². The monoisotopic (exact) mass is 662 g/mol. The summed E-state index contributed by atoms with van der Waals surface area (Å²) in [7, 11) is 0. The molecule has 0 aliphatic rings. The summed E-state index contributed by atoms with van der Waals surface area (Å²) in [5, 5.41) is 8.55. The van der Waals surface area contributed by atoms with Crippen molar-refractivity contribution in [3.8, 4) is 56.5 Å². The van der Waals surface area contributed by atoms with Gasteiger partial charge in [0.2, 0.25) is 0 Å². The molecule has 4 heteroatoms. The Balaban J connectivity index is 1.18. The molecule has 0 fully saturated rings. The maximum atomic E-state index is 5.34. The lowest BCUT2D eigenvalue weighted by atomic mass is 9.91. The lowest BCUT2D eigenvalue weighted by molar-refractivity contribution is 1.07. The van der Waals surface area contributed by atoms with Crippen LogP contribution >= 0.6 is 0 Å². The number of aromatic nitrogens is 4. The minimum absolute atomic E-state index is 0.619. The van der Waals surface area contributed by atoms with E-state index in [1.807, 2.05) is 60.7 Å². The van der Waals surface area contributed by atoms with Gasteiger partial charge < -0.3 is 0 Å². The van der Waals surface area contributed by atoms with Crippen molar-refractivity contribution in [2.75, 3.05) is 0 Å². The van der Waals surface area contributed by atoms with Gasteiger partial charge in [0.05, 0.1) is 11.2 Å². The van der Waals surface area contributed by atoms with Crippen molar-refractivity contribution in [3.63, 3.8) is 0 Å². The standard InChI is InChI=1S/C48H30N4/c1-3-14-31(15-4-1)46-50-47(32-16-5-2-6-17-32)52-48(51-46)36-20-13-19-33(28-36)42-29-34-18-7-12-25-44(34)49-45(42)35-26-27-41-39-23-9-8-21-37(39)38-22-10-11-24-40(38)43(41)30-35/h1-30H. The van der Waals surface area contributed by atoms with Crippen LogP contribution in [-0.2, 0) is 0 Å². The van der Waals surface area contributed by atoms with Crippen LogP contribution in [0.15, 0.2) is 182 Å². The van der Waals surface area contributed by atoms with Gasteiger partial charge in [-0.05, 0) is 62.1 Å². The molecule has 0 bridgehead atoms. The molecule has 0 N–H and O–H groups in total. The Labute approximate surface area is 300 Å². The summed E-state index contributed by atoms with van der Waals surface area (Å²) in [5.74, 6) is 1.89. The first-order valence-corrected chi connectivity index (χ1v) is 17.5. The number of pyridine rings is 1. The second-order valence-electron chi connectivity index (χ2n) is 13.0. The number of para-hydroxylation sites is 1. The Hall–Kier alpha value is -7.04. The van der Waals surface area contributed by atoms with E-state index < -0.39 is 0 Å². The van der Waals surface area contributed by atoms with Crippen molar-refractivity contribution in [2.24, 2.45) is 0 Å². The Kier molecular flexibility index (Phi) is 7.10. The van der Waals surface area contributed by atoms with Gasteiger partial charge in [0.1, 0.15) is 0 Å². The molecule has 0 unspecified atom stereocenters. The quantitative estimate of drug-likeness (QED) is 0.172. The third kappa shape index (κ3) is 5.17. The highest BCUT2D eigenvalue weighted by Crippen LogP contribution is 2.40. The van der Waals surface area contributed by atoms with Gasteiger partial charge in [-0.25, -0.2) is 19.9 Å². The predicted molar refractivity (Wildman–Crippen MR) is 215 cm³/mol. The van der Waals surface area contributed by atoms with Gasteiger partial charge in [-0.2, -0.15) is 0 Å². The van der Waals surface area contributed by atoms with Crippen molar-refractivity contribution < 1.29 is 0 Å². The third-order valence-electron chi connectivity index (χ3n) is 9.87. The molecule has 242 valence electrons. The minimum atomic E-state index is 0.619. The predicted octanol–water partition coefficient (Wildman–Crippen LogP) is 12.2. The number of fused-ring (bicyclic) bond motifs is 7. The Morgan fingerprint density at radius 1 is 0.269 bits per heavy atom. The average Bonchev–Trinajstić information content (AvgIpc) is 3.23. The van der Waals surface area contributed by atoms with Gasteiger partial charge >= 0.3 is 0 Å². The topological polar surface area (TPSA) is 51.6 Å². The lowest BCUT2D eigenvalue weighted by Crippen LogP contribution is -2.00. The SMILES string of the molecule is c1ccc(-c2nc(-c3ccccc3)nc(-c3cccc(-c4cc5ccccc5nc4-c4ccc5c6ccccc6c6ccccc6c5c4)c3)n2)cc1. The molecule has 0 atom stereocenters. The zero-order valence-electron chi connectivity index (χ0n) is 28.1. The molecular weight excluding hydrogens is 633 g/mol. The van der Waals surface area contributed by atoms with Crippen molar-refractivity contribution in [1.29, 1.82) is 0 Å². The normalized spacial score (nSPS) is 11.5. The van der Waals surface area contributed by atoms with Crippen LogP contribution in [0.5, 0.6) is 0 Å². The number of nitrogens with zero attached hydrogens (tertiary/aromatic N) is 4. The van der Waals surface area contributed by atoms with E-state index in [4.69, 9.17) is 19.9 Å². The third-order valence-corrected chi connectivity index (χ3v) is 9.87. The fourth-order valence-corrected chi connectivity index (χ4v) is 7.37. The highest BCUT2D eigenvalue weighted by atomic mass is 15.0. The fraction of sp³-hybridized carbons (Fsp3) is 0. The van der Waals surface area contributed by atoms with Crippen LogP contribution in [0.3, 0.4) is 0 Å². The summed E-state index contributed by atoms with van der Waals surface area (Å²) in [6.45, 7) is 0. The Bertz CT molecular complexity index is 2860. The van der Waals surface area contributed by atoms with Crippen molar-refractivity contribution in [2.45, 2.75) is 0 Å². The van der Waals surface area contributed by atoms with Crippen molar-refractivity contribution in [3.05, 3.63) is 182 Å². The maximum absolute atomic E-state index is 5.34. The van der Waals surface area contributed by atoms with Crippen LogP contribution in [0.2, 0.25) is 0 Å². The van der Waals surface area contributed by atoms with E-state index in [2.05, 4.69) is 121 Å². The summed E-state index contributed by atoms with van der Waals surface area (Å²) in [6, 6.07) is 63.5. The van der Waals surface area contributed by atoms with Crippen LogP contribution in [0.4, 0.5) is 0 Å². The smallest absolute Gasteiger partial charge is 0.164 e. The van der Waals surface area contributed by atoms with Gasteiger partial charge in [-0.1, -0.05) is 158 Å². The zero-order chi connectivity index (χ0) is 34.4. The molecule has 0 aliphatic carbocycles. The van der Waals surface area contributed by atoms with E-state index in [0.717, 1.165) is 50.0 Å². The molecule has 0 amide bonds. The summed E-state index contributed by atoms with van der Waals surface area (Å²) in [6.07, 6.45) is 0. The number of hydrogen-bond acceptors (Lipinski definition) is 4. The fourth-order valence-electron chi connectivity index (χ4n) is 7.37. The summed E-state index contributed by atoms with van der Waals surface area (Å²) in [5.41, 5.74) is 7.83. The first kappa shape index (κ1) is 29.8. The highest BCUT2D eigenvalue weighted by molar-refractivity contribution is 6.25. The van der Waals surface area contributed by atoms with Gasteiger partial charge in [-0.3, -0.25) is 0 Å². The van der Waals surface area contributed by atoms with Crippen LogP contribution < -0.4 is 0 Å². The molecule has 8 aromatic carbocycles. The van der Waals surface area contributed by atoms with Crippen molar-refractivity contribution in [1.82, 2.24) is 19.9 Å². The number of rotatable bonds is 5. The van der Waals surface area contributed by atoms with E-state index in [9.17, 15) is 0 Å². The summed E-state index contributed by atoms with van der Waals surface area (Å²) >= 11 is 0. The second kappa shape index (κ2) is 12.4. The molecule has 0 aliphatic heterocycles. The Morgan fingerprint density at radius 2 is 0.750 bits per heavy atom. The van der Waals surface area contributed by atoms with Crippen LogP contribution in [0, 0.1) is 0 Å². The number of hydrogen-bond donors (Lipinski definition) is 0. The molecule has 0 saturated carbocycles. The number of benzene rings is 8. The van der Waals surface area contributed by atoms with Gasteiger partial charge in [-0.15, -0.1) is 0 Å². The van der Waals surface area contributed by atoms with E-state index >= 15 is 0 Å². The van der Waals surface area contributed by atoms with E-state index in [-0.39, 0.29) is 0 Å². The summed E-state index contributed by atoms with van der Waals surface area (Å²) < 4.78 is 0. The van der Waals surface area contributed by atoms with Crippen LogP contribution in [-0.4, -0.2) is 19.9 Å².